The molecule has 0 fully saturated rings. The lowest BCUT2D eigenvalue weighted by atomic mass is 10.0. The average molecular weight is 406 g/mol. The molecule has 2 unspecified atom stereocenters. The first kappa shape index (κ1) is 18.9. The van der Waals surface area contributed by atoms with Gasteiger partial charge in [-0.25, -0.2) is 4.68 Å². The fourth-order valence-electron chi connectivity index (χ4n) is 3.28. The van der Waals surface area contributed by atoms with Crippen LogP contribution in [0.3, 0.4) is 0 Å². The van der Waals surface area contributed by atoms with E-state index in [0.717, 1.165) is 10.9 Å². The van der Waals surface area contributed by atoms with Gasteiger partial charge in [0.2, 0.25) is 0 Å². The van der Waals surface area contributed by atoms with E-state index >= 15 is 0 Å². The van der Waals surface area contributed by atoms with E-state index in [1.54, 1.807) is 36.4 Å². The molecular weight excluding hydrogens is 389 g/mol. The Kier molecular flexibility index (Phi) is 4.69. The minimum atomic E-state index is -4.53. The third kappa shape index (κ3) is 3.65. The second-order valence-corrected chi connectivity index (χ2v) is 6.54. The van der Waals surface area contributed by atoms with Crippen LogP contribution in [0.5, 0.6) is 5.75 Å². The highest BCUT2D eigenvalue weighted by atomic mass is 19.4. The SMILES string of the molecule is COc1ccc(NC(=O)c2cnn3c2NC(c2ccco2)CC3C(F)(F)F)cc1. The monoisotopic (exact) mass is 406 g/mol. The first-order valence-corrected chi connectivity index (χ1v) is 8.76. The molecule has 2 aromatic heterocycles. The van der Waals surface area contributed by atoms with Gasteiger partial charge in [-0.05, 0) is 36.4 Å². The van der Waals surface area contributed by atoms with Crippen molar-refractivity contribution in [1.29, 1.82) is 0 Å². The van der Waals surface area contributed by atoms with Crippen molar-refractivity contribution in [2.75, 3.05) is 17.7 Å². The van der Waals surface area contributed by atoms with Crippen LogP contribution in [0.2, 0.25) is 0 Å². The van der Waals surface area contributed by atoms with Crippen molar-refractivity contribution in [3.8, 4) is 5.75 Å². The highest BCUT2D eigenvalue weighted by molar-refractivity contribution is 6.07. The molecule has 0 bridgehead atoms. The Morgan fingerprint density at radius 3 is 2.69 bits per heavy atom. The highest BCUT2D eigenvalue weighted by Crippen LogP contribution is 2.44. The van der Waals surface area contributed by atoms with Gasteiger partial charge in [-0.3, -0.25) is 4.79 Å². The zero-order chi connectivity index (χ0) is 20.6. The maximum Gasteiger partial charge on any atom is 0.410 e. The lowest BCUT2D eigenvalue weighted by Gasteiger charge is -2.32. The number of fused-ring (bicyclic) bond motifs is 1. The summed E-state index contributed by atoms with van der Waals surface area (Å²) in [6, 6.07) is 7.15. The Labute approximate surface area is 163 Å². The predicted molar refractivity (Wildman–Crippen MR) is 98.0 cm³/mol. The smallest absolute Gasteiger partial charge is 0.410 e. The molecule has 10 heteroatoms. The molecule has 3 aromatic rings. The molecule has 29 heavy (non-hydrogen) atoms. The second kappa shape index (κ2) is 7.19. The summed E-state index contributed by atoms with van der Waals surface area (Å²) in [4.78, 5) is 12.7. The van der Waals surface area contributed by atoms with Crippen molar-refractivity contribution in [2.45, 2.75) is 24.7 Å². The quantitative estimate of drug-likeness (QED) is 0.671. The van der Waals surface area contributed by atoms with Crippen LogP contribution in [0.15, 0.2) is 53.3 Å². The number of carbonyl (C=O) groups is 1. The van der Waals surface area contributed by atoms with Crippen molar-refractivity contribution >= 4 is 17.4 Å². The number of aromatic nitrogens is 2. The van der Waals surface area contributed by atoms with Crippen molar-refractivity contribution in [2.24, 2.45) is 0 Å². The Morgan fingerprint density at radius 2 is 2.07 bits per heavy atom. The number of ether oxygens (including phenoxy) is 1. The number of hydrogen-bond donors (Lipinski definition) is 2. The molecule has 2 atom stereocenters. The fraction of sp³-hybridized carbons (Fsp3) is 0.263. The van der Waals surface area contributed by atoms with E-state index in [1.807, 2.05) is 0 Å². The van der Waals surface area contributed by atoms with Gasteiger partial charge >= 0.3 is 6.18 Å². The number of halogens is 3. The van der Waals surface area contributed by atoms with Crippen molar-refractivity contribution in [1.82, 2.24) is 9.78 Å². The summed E-state index contributed by atoms with van der Waals surface area (Å²) < 4.78 is 52.0. The molecule has 1 amide bonds. The zero-order valence-corrected chi connectivity index (χ0v) is 15.2. The molecule has 0 saturated carbocycles. The van der Waals surface area contributed by atoms with E-state index in [9.17, 15) is 18.0 Å². The fourth-order valence-corrected chi connectivity index (χ4v) is 3.28. The number of amides is 1. The predicted octanol–water partition coefficient (Wildman–Crippen LogP) is 4.40. The van der Waals surface area contributed by atoms with E-state index < -0.39 is 24.2 Å². The maximum absolute atomic E-state index is 13.6. The van der Waals surface area contributed by atoms with Crippen LogP contribution in [0.1, 0.15) is 34.6 Å². The van der Waals surface area contributed by atoms with Crippen LogP contribution < -0.4 is 15.4 Å². The molecule has 1 aliphatic rings. The number of carbonyl (C=O) groups excluding carboxylic acids is 1. The van der Waals surface area contributed by atoms with E-state index in [4.69, 9.17) is 9.15 Å². The number of anilines is 2. The molecule has 7 nitrogen and oxygen atoms in total. The number of nitrogens with zero attached hydrogens (tertiary/aromatic N) is 2. The van der Waals surface area contributed by atoms with Gasteiger partial charge in [0.1, 0.15) is 22.9 Å². The number of rotatable bonds is 4. The zero-order valence-electron chi connectivity index (χ0n) is 15.2. The molecule has 152 valence electrons. The number of methoxy groups -OCH3 is 1. The minimum Gasteiger partial charge on any atom is -0.497 e. The van der Waals surface area contributed by atoms with E-state index in [2.05, 4.69) is 15.7 Å². The van der Waals surface area contributed by atoms with E-state index in [-0.39, 0.29) is 17.8 Å². The van der Waals surface area contributed by atoms with Gasteiger partial charge in [0.05, 0.1) is 25.6 Å². The average Bonchev–Trinajstić information content (AvgIpc) is 3.37. The molecule has 3 heterocycles. The lowest BCUT2D eigenvalue weighted by Crippen LogP contribution is -2.36. The van der Waals surface area contributed by atoms with Gasteiger partial charge < -0.3 is 19.8 Å². The third-order valence-corrected chi connectivity index (χ3v) is 4.72. The van der Waals surface area contributed by atoms with Crippen LogP contribution >= 0.6 is 0 Å². The lowest BCUT2D eigenvalue weighted by molar-refractivity contribution is -0.174. The largest absolute Gasteiger partial charge is 0.497 e. The Bertz CT molecular complexity index is 997. The molecule has 0 spiro atoms. The van der Waals surface area contributed by atoms with E-state index in [0.29, 0.717) is 17.2 Å². The summed E-state index contributed by atoms with van der Waals surface area (Å²) in [5, 5.41) is 9.45. The topological polar surface area (TPSA) is 81.3 Å². The Morgan fingerprint density at radius 1 is 1.31 bits per heavy atom. The van der Waals surface area contributed by atoms with Crippen LogP contribution in [0.4, 0.5) is 24.7 Å². The third-order valence-electron chi connectivity index (χ3n) is 4.72. The van der Waals surface area contributed by atoms with Crippen LogP contribution in [0.25, 0.3) is 0 Å². The minimum absolute atomic E-state index is 0.00586. The van der Waals surface area contributed by atoms with Crippen molar-refractivity contribution < 1.29 is 27.1 Å². The number of furan rings is 1. The Hall–Kier alpha value is -3.43. The normalized spacial score (nSPS) is 18.6. The van der Waals surface area contributed by atoms with Gasteiger partial charge in [-0.15, -0.1) is 0 Å². The van der Waals surface area contributed by atoms with Gasteiger partial charge in [-0.1, -0.05) is 0 Å². The van der Waals surface area contributed by atoms with Crippen molar-refractivity contribution in [3.05, 3.63) is 60.2 Å². The summed E-state index contributed by atoms with van der Waals surface area (Å²) >= 11 is 0. The molecule has 4 rings (SSSR count). The summed E-state index contributed by atoms with van der Waals surface area (Å²) in [5.41, 5.74) is 0.479. The van der Waals surface area contributed by atoms with Gasteiger partial charge in [-0.2, -0.15) is 18.3 Å². The number of benzene rings is 1. The molecule has 2 N–H and O–H groups in total. The molecule has 0 radical (unpaired) electrons. The molecular formula is C19H17F3N4O3. The summed E-state index contributed by atoms with van der Waals surface area (Å²) in [6.07, 6.45) is -2.31. The molecule has 1 aromatic carbocycles. The van der Waals surface area contributed by atoms with E-state index in [1.165, 1.54) is 13.4 Å². The first-order chi connectivity index (χ1) is 13.9. The van der Waals surface area contributed by atoms with Crippen molar-refractivity contribution in [3.63, 3.8) is 0 Å². The van der Waals surface area contributed by atoms with Crippen LogP contribution in [-0.2, 0) is 0 Å². The standard InChI is InChI=1S/C19H17F3N4O3/c1-28-12-6-4-11(5-7-12)24-18(27)13-10-23-26-16(19(20,21)22)9-14(25-17(13)26)15-3-2-8-29-15/h2-8,10,14,16,25H,9H2,1H3,(H,24,27). The highest BCUT2D eigenvalue weighted by Gasteiger charge is 2.47. The first-order valence-electron chi connectivity index (χ1n) is 8.76. The number of nitrogens with one attached hydrogen (secondary N) is 2. The van der Waals surface area contributed by atoms with Gasteiger partial charge in [0.15, 0.2) is 6.04 Å². The Balaban J connectivity index is 1.64. The van der Waals surface area contributed by atoms with Crippen LogP contribution in [-0.4, -0.2) is 29.0 Å². The number of hydrogen-bond acceptors (Lipinski definition) is 5. The van der Waals surface area contributed by atoms with Crippen LogP contribution in [0, 0.1) is 0 Å². The molecule has 0 saturated heterocycles. The van der Waals surface area contributed by atoms with Gasteiger partial charge in [0.25, 0.3) is 5.91 Å². The second-order valence-electron chi connectivity index (χ2n) is 6.54. The number of alkyl halides is 3. The summed E-state index contributed by atoms with van der Waals surface area (Å²) in [7, 11) is 1.52. The summed E-state index contributed by atoms with van der Waals surface area (Å²) in [5.74, 6) is 0.381. The maximum atomic E-state index is 13.6. The van der Waals surface area contributed by atoms with Gasteiger partial charge in [0, 0.05) is 12.1 Å². The summed E-state index contributed by atoms with van der Waals surface area (Å²) in [6.45, 7) is 0. The molecule has 1 aliphatic heterocycles. The molecule has 0 aliphatic carbocycles.